The first-order chi connectivity index (χ1) is 9.69. The van der Waals surface area contributed by atoms with E-state index in [1.165, 1.54) is 4.88 Å². The van der Waals surface area contributed by atoms with E-state index in [0.29, 0.717) is 6.42 Å². The molecule has 1 unspecified atom stereocenters. The molecule has 112 valence electrons. The molecule has 1 atom stereocenters. The highest BCUT2D eigenvalue weighted by molar-refractivity contribution is 7.09. The van der Waals surface area contributed by atoms with E-state index in [0.717, 1.165) is 45.6 Å². The van der Waals surface area contributed by atoms with Gasteiger partial charge in [0.15, 0.2) is 0 Å². The number of rotatable bonds is 6. The van der Waals surface area contributed by atoms with Gasteiger partial charge in [-0.2, -0.15) is 0 Å². The van der Waals surface area contributed by atoms with Gasteiger partial charge in [-0.25, -0.2) is 0 Å². The Bertz CT molecular complexity index is 399. The standard InChI is InChI=1S/C15H25N3OS/c1-2-4-13(16)11-15(19)18-8-6-17(7-9-18)12-14-5-3-10-20-14/h3,5,10,13H,2,4,6-9,11-12,16H2,1H3. The largest absolute Gasteiger partial charge is 0.340 e. The fourth-order valence-electron chi connectivity index (χ4n) is 2.60. The molecule has 0 spiro atoms. The molecule has 2 N–H and O–H groups in total. The van der Waals surface area contributed by atoms with Crippen LogP contribution in [0.25, 0.3) is 0 Å². The van der Waals surface area contributed by atoms with E-state index in [-0.39, 0.29) is 11.9 Å². The van der Waals surface area contributed by atoms with E-state index in [2.05, 4.69) is 29.3 Å². The summed E-state index contributed by atoms with van der Waals surface area (Å²) in [7, 11) is 0. The molecule has 5 heteroatoms. The molecule has 2 heterocycles. The lowest BCUT2D eigenvalue weighted by molar-refractivity contribution is -0.133. The lowest BCUT2D eigenvalue weighted by atomic mass is 10.1. The molecule has 20 heavy (non-hydrogen) atoms. The van der Waals surface area contributed by atoms with Crippen LogP contribution in [-0.2, 0) is 11.3 Å². The van der Waals surface area contributed by atoms with Crippen molar-refractivity contribution in [3.05, 3.63) is 22.4 Å². The number of piperazine rings is 1. The van der Waals surface area contributed by atoms with E-state index in [4.69, 9.17) is 5.73 Å². The molecule has 1 fully saturated rings. The highest BCUT2D eigenvalue weighted by Crippen LogP contribution is 2.14. The monoisotopic (exact) mass is 295 g/mol. The normalized spacial score (nSPS) is 18.2. The molecule has 1 aromatic rings. The Hall–Kier alpha value is -0.910. The maximum absolute atomic E-state index is 12.1. The van der Waals surface area contributed by atoms with Crippen molar-refractivity contribution in [3.8, 4) is 0 Å². The van der Waals surface area contributed by atoms with Crippen LogP contribution < -0.4 is 5.73 Å². The summed E-state index contributed by atoms with van der Waals surface area (Å²) in [4.78, 5) is 17.9. The topological polar surface area (TPSA) is 49.6 Å². The van der Waals surface area contributed by atoms with Crippen LogP contribution in [0.4, 0.5) is 0 Å². The fraction of sp³-hybridized carbons (Fsp3) is 0.667. The maximum Gasteiger partial charge on any atom is 0.224 e. The number of hydrogen-bond donors (Lipinski definition) is 1. The first-order valence-corrected chi connectivity index (χ1v) is 8.35. The Morgan fingerprint density at radius 1 is 1.40 bits per heavy atom. The van der Waals surface area contributed by atoms with Crippen LogP contribution in [0.15, 0.2) is 17.5 Å². The van der Waals surface area contributed by atoms with Gasteiger partial charge in [0.2, 0.25) is 5.91 Å². The first-order valence-electron chi connectivity index (χ1n) is 7.47. The van der Waals surface area contributed by atoms with Crippen LogP contribution in [0.1, 0.15) is 31.1 Å². The van der Waals surface area contributed by atoms with Crippen molar-refractivity contribution in [2.24, 2.45) is 5.73 Å². The van der Waals surface area contributed by atoms with E-state index < -0.39 is 0 Å². The van der Waals surface area contributed by atoms with Crippen molar-refractivity contribution >= 4 is 17.2 Å². The molecule has 1 aliphatic rings. The van der Waals surface area contributed by atoms with Gasteiger partial charge in [0.1, 0.15) is 0 Å². The van der Waals surface area contributed by atoms with Crippen LogP contribution >= 0.6 is 11.3 Å². The molecule has 0 bridgehead atoms. The number of hydrogen-bond acceptors (Lipinski definition) is 4. The Morgan fingerprint density at radius 2 is 2.15 bits per heavy atom. The Balaban J connectivity index is 1.72. The van der Waals surface area contributed by atoms with Gasteiger partial charge in [0.05, 0.1) is 0 Å². The zero-order valence-corrected chi connectivity index (χ0v) is 13.1. The molecule has 1 amide bonds. The minimum atomic E-state index is 0.0247. The van der Waals surface area contributed by atoms with Crippen molar-refractivity contribution in [3.63, 3.8) is 0 Å². The summed E-state index contributed by atoms with van der Waals surface area (Å²) in [6.45, 7) is 6.72. The molecule has 1 saturated heterocycles. The molecular weight excluding hydrogens is 270 g/mol. The number of nitrogens with two attached hydrogens (primary N) is 1. The third kappa shape index (κ3) is 4.58. The Labute approximate surface area is 125 Å². The maximum atomic E-state index is 12.1. The average molecular weight is 295 g/mol. The quantitative estimate of drug-likeness (QED) is 0.872. The van der Waals surface area contributed by atoms with Gasteiger partial charge in [0, 0.05) is 50.1 Å². The molecule has 2 rings (SSSR count). The second-order valence-corrected chi connectivity index (χ2v) is 6.52. The van der Waals surface area contributed by atoms with E-state index in [1.54, 1.807) is 11.3 Å². The summed E-state index contributed by atoms with van der Waals surface area (Å²) in [5.41, 5.74) is 5.95. The van der Waals surface area contributed by atoms with Crippen molar-refractivity contribution in [2.75, 3.05) is 26.2 Å². The zero-order valence-electron chi connectivity index (χ0n) is 12.3. The zero-order chi connectivity index (χ0) is 14.4. The van der Waals surface area contributed by atoms with Crippen LogP contribution in [0.3, 0.4) is 0 Å². The van der Waals surface area contributed by atoms with Gasteiger partial charge < -0.3 is 10.6 Å². The van der Waals surface area contributed by atoms with Crippen molar-refractivity contribution in [2.45, 2.75) is 38.8 Å². The average Bonchev–Trinajstić information content (AvgIpc) is 2.92. The van der Waals surface area contributed by atoms with Crippen LogP contribution in [0.2, 0.25) is 0 Å². The lowest BCUT2D eigenvalue weighted by Gasteiger charge is -2.35. The predicted molar refractivity (Wildman–Crippen MR) is 83.7 cm³/mol. The van der Waals surface area contributed by atoms with Gasteiger partial charge >= 0.3 is 0 Å². The molecule has 0 saturated carbocycles. The Kier molecular flexibility index (Phi) is 6.01. The number of thiophene rings is 1. The Morgan fingerprint density at radius 3 is 2.75 bits per heavy atom. The third-order valence-corrected chi connectivity index (χ3v) is 4.64. The SMILES string of the molecule is CCCC(N)CC(=O)N1CCN(Cc2cccs2)CC1. The molecule has 4 nitrogen and oxygen atoms in total. The summed E-state index contributed by atoms with van der Waals surface area (Å²) < 4.78 is 0. The smallest absolute Gasteiger partial charge is 0.224 e. The molecule has 0 aromatic carbocycles. The molecule has 0 aliphatic carbocycles. The summed E-state index contributed by atoms with van der Waals surface area (Å²) in [6.07, 6.45) is 2.48. The summed E-state index contributed by atoms with van der Waals surface area (Å²) in [5.74, 6) is 0.224. The molecule has 1 aromatic heterocycles. The van der Waals surface area contributed by atoms with E-state index >= 15 is 0 Å². The van der Waals surface area contributed by atoms with Gasteiger partial charge in [-0.1, -0.05) is 19.4 Å². The number of nitrogens with zero attached hydrogens (tertiary/aromatic N) is 2. The van der Waals surface area contributed by atoms with Crippen LogP contribution in [0, 0.1) is 0 Å². The lowest BCUT2D eigenvalue weighted by Crippen LogP contribution is -2.49. The first kappa shape index (κ1) is 15.5. The second kappa shape index (κ2) is 7.76. The number of carbonyl (C=O) groups is 1. The molecular formula is C15H25N3OS. The summed E-state index contributed by atoms with van der Waals surface area (Å²) in [6, 6.07) is 4.29. The minimum absolute atomic E-state index is 0.0247. The van der Waals surface area contributed by atoms with Gasteiger partial charge in [-0.3, -0.25) is 9.69 Å². The van der Waals surface area contributed by atoms with Gasteiger partial charge in [0.25, 0.3) is 0 Å². The number of amides is 1. The van der Waals surface area contributed by atoms with Gasteiger partial charge in [-0.05, 0) is 17.9 Å². The summed E-state index contributed by atoms with van der Waals surface area (Å²) >= 11 is 1.80. The predicted octanol–water partition coefficient (Wildman–Crippen LogP) is 1.91. The second-order valence-electron chi connectivity index (χ2n) is 5.49. The van der Waals surface area contributed by atoms with Crippen LogP contribution in [-0.4, -0.2) is 47.9 Å². The molecule has 0 radical (unpaired) electrons. The van der Waals surface area contributed by atoms with E-state index in [1.807, 2.05) is 4.90 Å². The van der Waals surface area contributed by atoms with E-state index in [9.17, 15) is 4.79 Å². The molecule has 1 aliphatic heterocycles. The van der Waals surface area contributed by atoms with Crippen LogP contribution in [0.5, 0.6) is 0 Å². The van der Waals surface area contributed by atoms with Gasteiger partial charge in [-0.15, -0.1) is 11.3 Å². The number of carbonyl (C=O) groups excluding carboxylic acids is 1. The van der Waals surface area contributed by atoms with Crippen molar-refractivity contribution in [1.29, 1.82) is 0 Å². The van der Waals surface area contributed by atoms with Crippen molar-refractivity contribution < 1.29 is 4.79 Å². The minimum Gasteiger partial charge on any atom is -0.340 e. The third-order valence-electron chi connectivity index (χ3n) is 3.78. The van der Waals surface area contributed by atoms with Crippen molar-refractivity contribution in [1.82, 2.24) is 9.80 Å². The highest BCUT2D eigenvalue weighted by atomic mass is 32.1. The highest BCUT2D eigenvalue weighted by Gasteiger charge is 2.22. The summed E-state index contributed by atoms with van der Waals surface area (Å²) in [5, 5.41) is 2.12. The fourth-order valence-corrected chi connectivity index (χ4v) is 3.35.